The Kier molecular flexibility index (Phi) is 2.83. The predicted octanol–water partition coefficient (Wildman–Crippen LogP) is 3.41. The molecule has 0 aromatic heterocycles. The molecule has 1 fully saturated rings. The Hall–Kier alpha value is -1.38. The van der Waals surface area contributed by atoms with Gasteiger partial charge in [-0.2, -0.15) is 0 Å². The fourth-order valence-electron chi connectivity index (χ4n) is 2.73. The van der Waals surface area contributed by atoms with E-state index in [2.05, 4.69) is 18.3 Å². The van der Waals surface area contributed by atoms with E-state index in [0.717, 1.165) is 23.1 Å². The first-order valence-corrected chi connectivity index (χ1v) is 6.49. The quantitative estimate of drug-likeness (QED) is 0.849. The van der Waals surface area contributed by atoms with Gasteiger partial charge in [-0.15, -0.1) is 0 Å². The van der Waals surface area contributed by atoms with Crippen molar-refractivity contribution >= 4 is 5.69 Å². The fraction of sp³-hybridized carbons (Fsp3) is 0.571. The van der Waals surface area contributed by atoms with E-state index in [1.54, 1.807) is 0 Å². The molecule has 3 nitrogen and oxygen atoms in total. The van der Waals surface area contributed by atoms with E-state index in [1.807, 2.05) is 12.1 Å². The van der Waals surface area contributed by atoms with Crippen LogP contribution in [0.1, 0.15) is 32.6 Å². The molecular weight excluding hydrogens is 214 g/mol. The van der Waals surface area contributed by atoms with Gasteiger partial charge in [0.2, 0.25) is 6.79 Å². The third kappa shape index (κ3) is 2.19. The van der Waals surface area contributed by atoms with Crippen LogP contribution in [-0.4, -0.2) is 12.8 Å². The third-order valence-electron chi connectivity index (χ3n) is 3.84. The van der Waals surface area contributed by atoms with Crippen LogP contribution in [0.5, 0.6) is 11.5 Å². The van der Waals surface area contributed by atoms with E-state index in [1.165, 1.54) is 25.7 Å². The molecule has 1 aliphatic carbocycles. The number of fused-ring (bicyclic) bond motifs is 1. The summed E-state index contributed by atoms with van der Waals surface area (Å²) in [5.41, 5.74) is 1.15. The minimum atomic E-state index is 0.346. The van der Waals surface area contributed by atoms with Crippen LogP contribution < -0.4 is 14.8 Å². The maximum atomic E-state index is 5.39. The van der Waals surface area contributed by atoms with E-state index in [0.29, 0.717) is 12.8 Å². The Morgan fingerprint density at radius 3 is 2.82 bits per heavy atom. The highest BCUT2D eigenvalue weighted by molar-refractivity contribution is 5.56. The first kappa shape index (κ1) is 10.8. The van der Waals surface area contributed by atoms with Gasteiger partial charge >= 0.3 is 0 Å². The summed E-state index contributed by atoms with van der Waals surface area (Å²) in [6.07, 6.45) is 5.32. The van der Waals surface area contributed by atoms with Crippen LogP contribution >= 0.6 is 0 Å². The highest BCUT2D eigenvalue weighted by atomic mass is 16.7. The Morgan fingerprint density at radius 1 is 1.12 bits per heavy atom. The topological polar surface area (TPSA) is 30.5 Å². The van der Waals surface area contributed by atoms with Gasteiger partial charge in [0.15, 0.2) is 11.5 Å². The number of hydrogen-bond donors (Lipinski definition) is 1. The molecule has 2 atom stereocenters. The minimum Gasteiger partial charge on any atom is -0.454 e. The lowest BCUT2D eigenvalue weighted by Crippen LogP contribution is -2.30. The lowest BCUT2D eigenvalue weighted by molar-refractivity contribution is 0.174. The average Bonchev–Trinajstić information content (AvgIpc) is 2.79. The van der Waals surface area contributed by atoms with Crippen molar-refractivity contribution in [1.29, 1.82) is 0 Å². The Bertz CT molecular complexity index is 405. The Morgan fingerprint density at radius 2 is 1.94 bits per heavy atom. The maximum absolute atomic E-state index is 5.39. The summed E-state index contributed by atoms with van der Waals surface area (Å²) >= 11 is 0. The minimum absolute atomic E-state index is 0.346. The molecule has 1 N–H and O–H groups in total. The van der Waals surface area contributed by atoms with Crippen molar-refractivity contribution in [3.8, 4) is 11.5 Å². The molecule has 0 radical (unpaired) electrons. The summed E-state index contributed by atoms with van der Waals surface area (Å²) in [6, 6.07) is 6.71. The number of anilines is 1. The summed E-state index contributed by atoms with van der Waals surface area (Å²) in [5.74, 6) is 2.47. The van der Waals surface area contributed by atoms with E-state index in [9.17, 15) is 0 Å². The van der Waals surface area contributed by atoms with Crippen molar-refractivity contribution in [3.05, 3.63) is 18.2 Å². The first-order chi connectivity index (χ1) is 8.33. The molecule has 3 rings (SSSR count). The molecule has 1 aromatic rings. The highest BCUT2D eigenvalue weighted by Gasteiger charge is 2.21. The van der Waals surface area contributed by atoms with Crippen LogP contribution in [0.3, 0.4) is 0 Å². The number of hydrogen-bond acceptors (Lipinski definition) is 3. The second-order valence-electron chi connectivity index (χ2n) is 5.08. The Balaban J connectivity index is 1.72. The van der Waals surface area contributed by atoms with Crippen molar-refractivity contribution in [1.82, 2.24) is 0 Å². The largest absolute Gasteiger partial charge is 0.454 e. The smallest absolute Gasteiger partial charge is 0.231 e. The second kappa shape index (κ2) is 4.47. The molecular formula is C14H19NO2. The molecule has 92 valence electrons. The Labute approximate surface area is 102 Å². The number of rotatable bonds is 2. The summed E-state index contributed by atoms with van der Waals surface area (Å²) in [5, 5.41) is 3.62. The molecule has 1 aromatic carbocycles. The van der Waals surface area contributed by atoms with Gasteiger partial charge in [0.1, 0.15) is 0 Å². The van der Waals surface area contributed by atoms with Crippen LogP contribution in [-0.2, 0) is 0 Å². The normalized spacial score (nSPS) is 26.9. The van der Waals surface area contributed by atoms with Gasteiger partial charge in [0.25, 0.3) is 0 Å². The zero-order valence-electron chi connectivity index (χ0n) is 10.2. The van der Waals surface area contributed by atoms with Crippen LogP contribution in [0, 0.1) is 5.92 Å². The van der Waals surface area contributed by atoms with Gasteiger partial charge in [0.05, 0.1) is 0 Å². The molecule has 17 heavy (non-hydrogen) atoms. The monoisotopic (exact) mass is 233 g/mol. The molecule has 2 unspecified atom stereocenters. The number of nitrogens with one attached hydrogen (secondary N) is 1. The lowest BCUT2D eigenvalue weighted by atomic mass is 9.86. The molecule has 0 spiro atoms. The van der Waals surface area contributed by atoms with Crippen LogP contribution in [0.4, 0.5) is 5.69 Å². The molecule has 2 aliphatic rings. The number of benzene rings is 1. The summed E-state index contributed by atoms with van der Waals surface area (Å²) < 4.78 is 10.7. The molecule has 1 heterocycles. The van der Waals surface area contributed by atoms with E-state index >= 15 is 0 Å². The van der Waals surface area contributed by atoms with Crippen molar-refractivity contribution < 1.29 is 9.47 Å². The zero-order valence-corrected chi connectivity index (χ0v) is 10.2. The van der Waals surface area contributed by atoms with Crippen molar-refractivity contribution in [2.45, 2.75) is 38.6 Å². The molecule has 1 aliphatic heterocycles. The van der Waals surface area contributed by atoms with Crippen molar-refractivity contribution in [3.63, 3.8) is 0 Å². The lowest BCUT2D eigenvalue weighted by Gasteiger charge is -2.30. The zero-order chi connectivity index (χ0) is 11.7. The molecule has 0 amide bonds. The highest BCUT2D eigenvalue weighted by Crippen LogP contribution is 2.35. The van der Waals surface area contributed by atoms with Crippen molar-refractivity contribution in [2.75, 3.05) is 12.1 Å². The molecule has 1 saturated carbocycles. The molecule has 0 saturated heterocycles. The SMILES string of the molecule is CC1CCCCC1Nc1ccc2c(c1)OCO2. The van der Waals surface area contributed by atoms with Gasteiger partial charge in [-0.1, -0.05) is 19.8 Å². The molecule has 3 heteroatoms. The average molecular weight is 233 g/mol. The van der Waals surface area contributed by atoms with Crippen LogP contribution in [0.25, 0.3) is 0 Å². The third-order valence-corrected chi connectivity index (χ3v) is 3.84. The maximum Gasteiger partial charge on any atom is 0.231 e. The van der Waals surface area contributed by atoms with Crippen molar-refractivity contribution in [2.24, 2.45) is 5.92 Å². The van der Waals surface area contributed by atoms with Gasteiger partial charge in [0, 0.05) is 17.8 Å². The van der Waals surface area contributed by atoms with Crippen LogP contribution in [0.2, 0.25) is 0 Å². The summed E-state index contributed by atoms with van der Waals surface area (Å²) in [6.45, 7) is 2.68. The predicted molar refractivity (Wildman–Crippen MR) is 67.6 cm³/mol. The van der Waals surface area contributed by atoms with Gasteiger partial charge in [-0.25, -0.2) is 0 Å². The fourth-order valence-corrected chi connectivity index (χ4v) is 2.73. The van der Waals surface area contributed by atoms with Gasteiger partial charge in [-0.05, 0) is 30.9 Å². The standard InChI is InChI=1S/C14H19NO2/c1-10-4-2-3-5-12(10)15-11-6-7-13-14(8-11)17-9-16-13/h6-8,10,12,15H,2-5,9H2,1H3. The summed E-state index contributed by atoms with van der Waals surface area (Å²) in [7, 11) is 0. The van der Waals surface area contributed by atoms with E-state index < -0.39 is 0 Å². The van der Waals surface area contributed by atoms with Gasteiger partial charge < -0.3 is 14.8 Å². The number of ether oxygens (including phenoxy) is 2. The second-order valence-corrected chi connectivity index (χ2v) is 5.08. The first-order valence-electron chi connectivity index (χ1n) is 6.49. The summed E-state index contributed by atoms with van der Waals surface area (Å²) in [4.78, 5) is 0. The van der Waals surface area contributed by atoms with E-state index in [4.69, 9.17) is 9.47 Å². The van der Waals surface area contributed by atoms with Crippen LogP contribution in [0.15, 0.2) is 18.2 Å². The molecule has 0 bridgehead atoms. The van der Waals surface area contributed by atoms with Gasteiger partial charge in [-0.3, -0.25) is 0 Å². The van der Waals surface area contributed by atoms with E-state index in [-0.39, 0.29) is 0 Å².